The molecule has 0 bridgehead atoms. The van der Waals surface area contributed by atoms with Gasteiger partial charge in [-0.1, -0.05) is 6.07 Å². The van der Waals surface area contributed by atoms with Crippen molar-refractivity contribution in [2.45, 2.75) is 13.8 Å². The van der Waals surface area contributed by atoms with Crippen LogP contribution >= 0.6 is 0 Å². The Hall–Kier alpha value is -2.14. The van der Waals surface area contributed by atoms with Gasteiger partial charge in [-0.25, -0.2) is 0 Å². The van der Waals surface area contributed by atoms with E-state index >= 15 is 0 Å². The number of hydrogen-bond acceptors (Lipinski definition) is 4. The molecule has 2 rings (SSSR count). The number of imide groups is 1. The molecule has 100 valence electrons. The molecule has 0 fully saturated rings. The number of anilines is 1. The number of carbonyl (C=O) groups is 2. The van der Waals surface area contributed by atoms with Crippen molar-refractivity contribution in [3.63, 3.8) is 0 Å². The third-order valence-electron chi connectivity index (χ3n) is 2.83. The highest BCUT2D eigenvalue weighted by Gasteiger charge is 2.30. The van der Waals surface area contributed by atoms with Crippen molar-refractivity contribution in [3.8, 4) is 0 Å². The Morgan fingerprint density at radius 1 is 1.16 bits per heavy atom. The van der Waals surface area contributed by atoms with Crippen molar-refractivity contribution in [3.05, 3.63) is 41.1 Å². The molecule has 2 N–H and O–H groups in total. The molecule has 1 aliphatic heterocycles. The van der Waals surface area contributed by atoms with Crippen LogP contribution in [0.5, 0.6) is 0 Å². The quantitative estimate of drug-likeness (QED) is 0.791. The molecule has 0 aromatic heterocycles. The monoisotopic (exact) mass is 260 g/mol. The van der Waals surface area contributed by atoms with E-state index in [1.54, 1.807) is 0 Å². The van der Waals surface area contributed by atoms with Crippen LogP contribution in [0.1, 0.15) is 11.1 Å². The highest BCUT2D eigenvalue weighted by molar-refractivity contribution is 6.17. The van der Waals surface area contributed by atoms with Gasteiger partial charge in [-0.2, -0.15) is 0 Å². The summed E-state index contributed by atoms with van der Waals surface area (Å²) in [5.41, 5.74) is 3.17. The van der Waals surface area contributed by atoms with Gasteiger partial charge in [0.25, 0.3) is 11.8 Å². The lowest BCUT2D eigenvalue weighted by Crippen LogP contribution is -2.34. The Labute approximate surface area is 111 Å². The SMILES string of the molecule is Cc1cc(C)cc(NC2=CC(=O)N(CCO)C2=O)c1. The molecule has 0 radical (unpaired) electrons. The Kier molecular flexibility index (Phi) is 3.66. The van der Waals surface area contributed by atoms with Crippen molar-refractivity contribution >= 4 is 17.5 Å². The van der Waals surface area contributed by atoms with Crippen molar-refractivity contribution in [1.82, 2.24) is 4.90 Å². The Balaban J connectivity index is 2.18. The molecular weight excluding hydrogens is 244 g/mol. The second-order valence-electron chi connectivity index (χ2n) is 4.58. The van der Waals surface area contributed by atoms with Crippen LogP contribution in [0.2, 0.25) is 0 Å². The molecule has 2 amide bonds. The van der Waals surface area contributed by atoms with Gasteiger partial charge in [-0.3, -0.25) is 14.5 Å². The minimum absolute atomic E-state index is 0.0200. The second-order valence-corrected chi connectivity index (χ2v) is 4.58. The standard InChI is InChI=1S/C14H16N2O3/c1-9-5-10(2)7-11(6-9)15-12-8-13(18)16(3-4-17)14(12)19/h5-8,15,17H,3-4H2,1-2H3. The van der Waals surface area contributed by atoms with Crippen molar-refractivity contribution in [2.24, 2.45) is 0 Å². The topological polar surface area (TPSA) is 69.6 Å². The van der Waals surface area contributed by atoms with Crippen molar-refractivity contribution in [1.29, 1.82) is 0 Å². The summed E-state index contributed by atoms with van der Waals surface area (Å²) in [5.74, 6) is -0.802. The second kappa shape index (κ2) is 5.24. The molecule has 1 aliphatic rings. The number of β-amino-alcohol motifs (C(OH)–C–C–N with tert-alkyl or cyclic N) is 1. The number of hydrogen-bond donors (Lipinski definition) is 2. The van der Waals surface area contributed by atoms with Crippen LogP contribution in [0.3, 0.4) is 0 Å². The van der Waals surface area contributed by atoms with Crippen molar-refractivity contribution < 1.29 is 14.7 Å². The van der Waals surface area contributed by atoms with Crippen LogP contribution in [-0.2, 0) is 9.59 Å². The predicted molar refractivity (Wildman–Crippen MR) is 71.4 cm³/mol. The maximum absolute atomic E-state index is 11.9. The average molecular weight is 260 g/mol. The lowest BCUT2D eigenvalue weighted by molar-refractivity contribution is -0.137. The van der Waals surface area contributed by atoms with Crippen LogP contribution in [0.25, 0.3) is 0 Å². The fraction of sp³-hybridized carbons (Fsp3) is 0.286. The van der Waals surface area contributed by atoms with Gasteiger partial charge >= 0.3 is 0 Å². The summed E-state index contributed by atoms with van der Waals surface area (Å²) in [7, 11) is 0. The third-order valence-corrected chi connectivity index (χ3v) is 2.83. The summed E-state index contributed by atoms with van der Waals surface area (Å²) in [6.07, 6.45) is 1.26. The zero-order chi connectivity index (χ0) is 14.0. The maximum Gasteiger partial charge on any atom is 0.277 e. The molecule has 5 nitrogen and oxygen atoms in total. The van der Waals surface area contributed by atoms with E-state index in [0.717, 1.165) is 21.7 Å². The fourth-order valence-corrected chi connectivity index (χ4v) is 2.11. The van der Waals surface area contributed by atoms with E-state index in [2.05, 4.69) is 5.32 Å². The van der Waals surface area contributed by atoms with Crippen LogP contribution in [0.4, 0.5) is 5.69 Å². The van der Waals surface area contributed by atoms with E-state index in [4.69, 9.17) is 5.11 Å². The van der Waals surface area contributed by atoms with Gasteiger partial charge < -0.3 is 10.4 Å². The molecule has 0 aliphatic carbocycles. The molecule has 1 aromatic rings. The molecular formula is C14H16N2O3. The first-order chi connectivity index (χ1) is 9.01. The molecule has 1 aromatic carbocycles. The zero-order valence-corrected chi connectivity index (χ0v) is 10.9. The number of nitrogens with one attached hydrogen (secondary N) is 1. The van der Waals surface area contributed by atoms with Gasteiger partial charge in [-0.15, -0.1) is 0 Å². The van der Waals surface area contributed by atoms with E-state index in [-0.39, 0.29) is 18.8 Å². The van der Waals surface area contributed by atoms with Crippen LogP contribution < -0.4 is 5.32 Å². The number of amides is 2. The summed E-state index contributed by atoms with van der Waals surface area (Å²) < 4.78 is 0. The number of rotatable bonds is 4. The van der Waals surface area contributed by atoms with Gasteiger partial charge in [0.05, 0.1) is 13.2 Å². The zero-order valence-electron chi connectivity index (χ0n) is 10.9. The van der Waals surface area contributed by atoms with Crippen LogP contribution in [0, 0.1) is 13.8 Å². The predicted octanol–water partition coefficient (Wildman–Crippen LogP) is 0.960. The first-order valence-corrected chi connectivity index (χ1v) is 6.05. The van der Waals surface area contributed by atoms with Gasteiger partial charge in [0, 0.05) is 11.8 Å². The van der Waals surface area contributed by atoms with Gasteiger partial charge in [-0.05, 0) is 37.1 Å². The van der Waals surface area contributed by atoms with Crippen LogP contribution in [-0.4, -0.2) is 35.0 Å². The maximum atomic E-state index is 11.9. The third kappa shape index (κ3) is 2.82. The van der Waals surface area contributed by atoms with E-state index in [9.17, 15) is 9.59 Å². The minimum atomic E-state index is -0.404. The Morgan fingerprint density at radius 3 is 2.37 bits per heavy atom. The largest absolute Gasteiger partial charge is 0.395 e. The molecule has 1 heterocycles. The van der Waals surface area contributed by atoms with E-state index in [1.165, 1.54) is 6.08 Å². The summed E-state index contributed by atoms with van der Waals surface area (Å²) in [6.45, 7) is 3.72. The van der Waals surface area contributed by atoms with Gasteiger partial charge in [0.2, 0.25) is 0 Å². The molecule has 0 saturated carbocycles. The summed E-state index contributed by atoms with van der Waals surface area (Å²) in [4.78, 5) is 24.5. The summed E-state index contributed by atoms with van der Waals surface area (Å²) >= 11 is 0. The Morgan fingerprint density at radius 2 is 1.79 bits per heavy atom. The lowest BCUT2D eigenvalue weighted by atomic mass is 10.1. The number of aliphatic hydroxyl groups is 1. The van der Waals surface area contributed by atoms with Crippen molar-refractivity contribution in [2.75, 3.05) is 18.5 Å². The molecule has 5 heteroatoms. The normalized spacial score (nSPS) is 14.9. The van der Waals surface area contributed by atoms with Gasteiger partial charge in [0.1, 0.15) is 5.70 Å². The van der Waals surface area contributed by atoms with E-state index < -0.39 is 11.8 Å². The Bertz CT molecular complexity index is 544. The smallest absolute Gasteiger partial charge is 0.277 e. The van der Waals surface area contributed by atoms with E-state index in [1.807, 2.05) is 32.0 Å². The highest BCUT2D eigenvalue weighted by Crippen LogP contribution is 2.19. The summed E-state index contributed by atoms with van der Waals surface area (Å²) in [6, 6.07) is 5.83. The molecule has 19 heavy (non-hydrogen) atoms. The summed E-state index contributed by atoms with van der Waals surface area (Å²) in [5, 5.41) is 11.8. The van der Waals surface area contributed by atoms with Crippen LogP contribution in [0.15, 0.2) is 30.0 Å². The average Bonchev–Trinajstić information content (AvgIpc) is 2.56. The number of aliphatic hydroxyl groups excluding tert-OH is 1. The molecule has 0 atom stereocenters. The number of nitrogens with zero attached hydrogens (tertiary/aromatic N) is 1. The molecule has 0 saturated heterocycles. The first-order valence-electron chi connectivity index (χ1n) is 6.05. The minimum Gasteiger partial charge on any atom is -0.395 e. The molecule has 0 spiro atoms. The number of aryl methyl sites for hydroxylation is 2. The van der Waals surface area contributed by atoms with Gasteiger partial charge in [0.15, 0.2) is 0 Å². The molecule has 0 unspecified atom stereocenters. The number of carbonyl (C=O) groups excluding carboxylic acids is 2. The lowest BCUT2D eigenvalue weighted by Gasteiger charge is -2.13. The highest BCUT2D eigenvalue weighted by atomic mass is 16.3. The fourth-order valence-electron chi connectivity index (χ4n) is 2.11. The first kappa shape index (κ1) is 13.3. The van der Waals surface area contributed by atoms with E-state index in [0.29, 0.717) is 0 Å². The number of benzene rings is 1.